The number of aryl methyl sites for hydroxylation is 4. The Kier molecular flexibility index (Phi) is 12.8. The van der Waals surface area contributed by atoms with E-state index in [0.29, 0.717) is 21.5 Å². The van der Waals surface area contributed by atoms with E-state index in [1.165, 1.54) is 11.3 Å². The van der Waals surface area contributed by atoms with Gasteiger partial charge >= 0.3 is 12.4 Å². The normalized spacial score (nSPS) is 12.6. The summed E-state index contributed by atoms with van der Waals surface area (Å²) in [7, 11) is 0. The van der Waals surface area contributed by atoms with Crippen molar-refractivity contribution in [3.63, 3.8) is 0 Å². The number of carbonyl (C=O) groups is 1. The maximum atomic E-state index is 14.2. The summed E-state index contributed by atoms with van der Waals surface area (Å²) in [6.45, 7) is 17.8. The molecule has 2 aromatic heterocycles. The van der Waals surface area contributed by atoms with Gasteiger partial charge in [-0.3, -0.25) is 9.78 Å². The van der Waals surface area contributed by atoms with Gasteiger partial charge in [-0.05, 0) is 61.3 Å². The number of ketones is 1. The minimum atomic E-state index is -4.90. The van der Waals surface area contributed by atoms with Crippen molar-refractivity contribution in [2.75, 3.05) is 0 Å². The van der Waals surface area contributed by atoms with Crippen LogP contribution in [0.5, 0.6) is 0 Å². The number of halogens is 6. The number of pyridine rings is 1. The smallest absolute Gasteiger partial charge is 0.454 e. The van der Waals surface area contributed by atoms with Gasteiger partial charge in [0.15, 0.2) is 0 Å². The van der Waals surface area contributed by atoms with Gasteiger partial charge in [0.25, 0.3) is 5.78 Å². The number of nitrogens with zero attached hydrogens (tertiary/aromatic N) is 1. The molecule has 1 N–H and O–H groups in total. The van der Waals surface area contributed by atoms with Crippen molar-refractivity contribution < 1.29 is 56.3 Å². The summed E-state index contributed by atoms with van der Waals surface area (Å²) in [5.41, 5.74) is 6.41. The van der Waals surface area contributed by atoms with Crippen LogP contribution in [0.4, 0.5) is 26.3 Å². The van der Waals surface area contributed by atoms with E-state index < -0.39 is 29.5 Å². The Morgan fingerprint density at radius 2 is 1.53 bits per heavy atom. The van der Waals surface area contributed by atoms with Crippen LogP contribution < -0.4 is 0 Å². The summed E-state index contributed by atoms with van der Waals surface area (Å²) in [5, 5.41) is 11.1. The van der Waals surface area contributed by atoms with Gasteiger partial charge in [-0.15, -0.1) is 40.5 Å². The van der Waals surface area contributed by atoms with Crippen molar-refractivity contribution in [1.82, 2.24) is 4.98 Å². The maximum Gasteiger partial charge on any atom is 0.454 e. The molecule has 3 nitrogen and oxygen atoms in total. The maximum absolute atomic E-state index is 14.2. The average Bonchev–Trinajstić information content (AvgIpc) is 3.30. The molecule has 0 atom stereocenters. The number of aliphatic hydroxyl groups excluding tert-OH is 1. The molecular formula is C40H40F6IrNO2S-. The zero-order valence-electron chi connectivity index (χ0n) is 29.8. The van der Waals surface area contributed by atoms with Crippen molar-refractivity contribution in [1.29, 1.82) is 0 Å². The molecule has 5 rings (SSSR count). The van der Waals surface area contributed by atoms with Crippen LogP contribution >= 0.6 is 11.3 Å². The number of carbonyl (C=O) groups excluding carboxylic acids is 1. The van der Waals surface area contributed by atoms with Crippen LogP contribution in [0.3, 0.4) is 0 Å². The Morgan fingerprint density at radius 1 is 0.941 bits per heavy atom. The molecule has 275 valence electrons. The fraction of sp³-hybridized carbons (Fsp3) is 0.350. The Morgan fingerprint density at radius 3 is 2.06 bits per heavy atom. The number of thiophene rings is 1. The second-order valence-electron chi connectivity index (χ2n) is 14.0. The van der Waals surface area contributed by atoms with Gasteiger partial charge < -0.3 is 5.11 Å². The van der Waals surface area contributed by atoms with E-state index >= 15 is 0 Å². The zero-order chi connectivity index (χ0) is 37.5. The minimum Gasteiger partial charge on any atom is -0.512 e. The van der Waals surface area contributed by atoms with E-state index in [4.69, 9.17) is 5.11 Å². The van der Waals surface area contributed by atoms with Crippen LogP contribution in [0, 0.1) is 39.7 Å². The van der Waals surface area contributed by atoms with E-state index in [9.17, 15) is 31.1 Å². The molecule has 0 saturated carbocycles. The molecule has 0 aliphatic heterocycles. The molecule has 11 heteroatoms. The van der Waals surface area contributed by atoms with Crippen molar-refractivity contribution in [2.45, 2.75) is 86.5 Å². The van der Waals surface area contributed by atoms with Gasteiger partial charge in [-0.25, -0.2) is 0 Å². The minimum absolute atomic E-state index is 0. The van der Waals surface area contributed by atoms with Crippen LogP contribution in [0.25, 0.3) is 42.6 Å². The average molecular weight is 905 g/mol. The zero-order valence-corrected chi connectivity index (χ0v) is 33.0. The molecule has 0 spiro atoms. The van der Waals surface area contributed by atoms with Gasteiger partial charge in [0, 0.05) is 59.5 Å². The number of aliphatic hydroxyl groups is 1. The third-order valence-corrected chi connectivity index (χ3v) is 9.51. The van der Waals surface area contributed by atoms with Crippen LogP contribution in [0.1, 0.15) is 74.4 Å². The number of allylic oxidation sites excluding steroid dienone is 2. The number of aromatic nitrogens is 1. The molecule has 0 bridgehead atoms. The number of fused-ring (bicyclic) bond motifs is 2. The predicted molar refractivity (Wildman–Crippen MR) is 191 cm³/mol. The number of hydrogen-bond donors (Lipinski definition) is 1. The Balaban J connectivity index is 0.000000430. The van der Waals surface area contributed by atoms with E-state index in [2.05, 4.69) is 56.1 Å². The summed E-state index contributed by atoms with van der Waals surface area (Å²) in [6, 6.07) is 17.7. The standard InChI is InChI=1S/C32H29F3NS.C8H11F3O2.Ir/c1-17-12-18(2)26(19(3)13-17)29-20(4)27-25(32(33,34)35)16-36-28(30(27)37-29)22-14-21-10-8-9-11-23(21)24(15-22)31(5,6)7;1-5(2)3-6(12)4-7(13)8(9,10)11;/h8-13,15-16H,1-7H3;4-5,12H,3H2,1-2H3;/q-1;;/b;6-4-;. The second kappa shape index (κ2) is 15.6. The molecule has 0 fully saturated rings. The Bertz CT molecular complexity index is 2080. The molecular weight excluding hydrogens is 865 g/mol. The van der Waals surface area contributed by atoms with E-state index in [1.54, 1.807) is 20.8 Å². The summed E-state index contributed by atoms with van der Waals surface area (Å²) < 4.78 is 78.2. The van der Waals surface area contributed by atoms with E-state index in [0.717, 1.165) is 49.7 Å². The first kappa shape index (κ1) is 41.9. The fourth-order valence-corrected chi connectivity index (χ4v) is 7.64. The molecule has 0 aliphatic rings. The summed E-state index contributed by atoms with van der Waals surface area (Å²) >= 11 is 1.40. The molecule has 0 amide bonds. The van der Waals surface area contributed by atoms with Crippen molar-refractivity contribution >= 4 is 38.0 Å². The van der Waals surface area contributed by atoms with Crippen LogP contribution in [0.2, 0.25) is 0 Å². The first-order chi connectivity index (χ1) is 23.0. The third-order valence-electron chi connectivity index (χ3n) is 8.20. The molecule has 5 aromatic rings. The van der Waals surface area contributed by atoms with Gasteiger partial charge in [-0.1, -0.05) is 81.5 Å². The summed E-state index contributed by atoms with van der Waals surface area (Å²) in [6.07, 6.45) is -8.11. The molecule has 3 aromatic carbocycles. The monoisotopic (exact) mass is 905 g/mol. The molecule has 51 heavy (non-hydrogen) atoms. The molecule has 1 radical (unpaired) electrons. The van der Waals surface area contributed by atoms with Crippen molar-refractivity contribution in [3.05, 3.63) is 99.9 Å². The second-order valence-corrected chi connectivity index (χ2v) is 15.1. The largest absolute Gasteiger partial charge is 0.512 e. The Labute approximate surface area is 312 Å². The van der Waals surface area contributed by atoms with E-state index in [-0.39, 0.29) is 49.3 Å². The van der Waals surface area contributed by atoms with Gasteiger partial charge in [0.1, 0.15) is 0 Å². The SMILES string of the molecule is CC(C)C/C(O)=C/C(=O)C(F)(F)F.Cc1cc(C)c(-c2sc3c(-c4[c-]c5ccccc5c(C(C)(C)C)c4)ncc(C(F)(F)F)c3c2C)c(C)c1.[Ir]. The van der Waals surface area contributed by atoms with Gasteiger partial charge in [-0.2, -0.15) is 26.3 Å². The van der Waals surface area contributed by atoms with Crippen LogP contribution in [0.15, 0.2) is 60.5 Å². The summed E-state index contributed by atoms with van der Waals surface area (Å²) in [5.74, 6) is -2.54. The third kappa shape index (κ3) is 9.48. The quantitative estimate of drug-likeness (QED) is 0.0827. The molecule has 0 saturated heterocycles. The van der Waals surface area contributed by atoms with E-state index in [1.807, 2.05) is 39.0 Å². The van der Waals surface area contributed by atoms with Gasteiger partial charge in [0.2, 0.25) is 0 Å². The first-order valence-electron chi connectivity index (χ1n) is 16.0. The van der Waals surface area contributed by atoms with Crippen LogP contribution in [-0.4, -0.2) is 22.1 Å². The van der Waals surface area contributed by atoms with Crippen molar-refractivity contribution in [2.24, 2.45) is 5.92 Å². The number of benzene rings is 3. The number of rotatable bonds is 5. The summed E-state index contributed by atoms with van der Waals surface area (Å²) in [4.78, 5) is 15.6. The predicted octanol–water partition coefficient (Wildman–Crippen LogP) is 12.7. The van der Waals surface area contributed by atoms with Crippen molar-refractivity contribution in [3.8, 4) is 21.7 Å². The molecule has 2 heterocycles. The first-order valence-corrected chi connectivity index (χ1v) is 16.9. The number of alkyl halides is 6. The molecule has 0 aliphatic carbocycles. The fourth-order valence-electron chi connectivity index (χ4n) is 6.13. The van der Waals surface area contributed by atoms with Gasteiger partial charge in [0.05, 0.1) is 11.3 Å². The topological polar surface area (TPSA) is 50.2 Å². The molecule has 0 unspecified atom stereocenters. The Hall–Kier alpha value is -3.53. The number of hydrogen-bond acceptors (Lipinski definition) is 4. The van der Waals surface area contributed by atoms with Crippen LogP contribution in [-0.2, 0) is 36.5 Å².